The van der Waals surface area contributed by atoms with E-state index in [0.29, 0.717) is 43.9 Å². The Labute approximate surface area is 184 Å². The summed E-state index contributed by atoms with van der Waals surface area (Å²) >= 11 is 0. The van der Waals surface area contributed by atoms with Crippen LogP contribution in [0.5, 0.6) is 0 Å². The average Bonchev–Trinajstić information content (AvgIpc) is 2.90. The summed E-state index contributed by atoms with van der Waals surface area (Å²) < 4.78 is 27.8. The molecular weight excluding hydrogens is 416 g/mol. The lowest BCUT2D eigenvalue weighted by Gasteiger charge is -2.35. The van der Waals surface area contributed by atoms with Gasteiger partial charge in [-0.25, -0.2) is 18.1 Å². The van der Waals surface area contributed by atoms with Gasteiger partial charge in [-0.05, 0) is 43.9 Å². The highest BCUT2D eigenvalue weighted by Gasteiger charge is 2.51. The number of rotatable bonds is 4. The van der Waals surface area contributed by atoms with Crippen molar-refractivity contribution in [1.82, 2.24) is 19.4 Å². The van der Waals surface area contributed by atoms with Crippen LogP contribution in [0.1, 0.15) is 49.7 Å². The number of benzene rings is 1. The van der Waals surface area contributed by atoms with Gasteiger partial charge in [-0.15, -0.1) is 0 Å². The SMILES string of the molecule is Cc1ccc(C)c(S(=O)(=O)N2CCN(CN3C(=O)NC4(CCCCCC4)C3=O)CC2)c1. The van der Waals surface area contributed by atoms with Crippen molar-refractivity contribution in [2.45, 2.75) is 62.8 Å². The number of sulfonamides is 1. The number of imide groups is 1. The molecule has 1 saturated carbocycles. The Morgan fingerprint density at radius 1 is 0.968 bits per heavy atom. The molecule has 31 heavy (non-hydrogen) atoms. The third-order valence-electron chi connectivity index (χ3n) is 6.84. The number of amides is 3. The maximum atomic E-state index is 13.1. The lowest BCUT2D eigenvalue weighted by atomic mass is 9.90. The summed E-state index contributed by atoms with van der Waals surface area (Å²) in [6.07, 6.45) is 5.51. The van der Waals surface area contributed by atoms with Gasteiger partial charge in [-0.2, -0.15) is 4.31 Å². The molecule has 1 aromatic carbocycles. The van der Waals surface area contributed by atoms with Crippen LogP contribution < -0.4 is 5.32 Å². The zero-order valence-electron chi connectivity index (χ0n) is 18.4. The number of hydrogen-bond acceptors (Lipinski definition) is 5. The first-order valence-electron chi connectivity index (χ1n) is 11.2. The number of nitrogens with one attached hydrogen (secondary N) is 1. The van der Waals surface area contributed by atoms with Gasteiger partial charge in [0.25, 0.3) is 5.91 Å². The predicted octanol–water partition coefficient (Wildman–Crippen LogP) is 2.21. The van der Waals surface area contributed by atoms with Gasteiger partial charge < -0.3 is 5.32 Å². The number of piperazine rings is 1. The number of nitrogens with zero attached hydrogens (tertiary/aromatic N) is 3. The minimum absolute atomic E-state index is 0.121. The maximum Gasteiger partial charge on any atom is 0.326 e. The second kappa shape index (κ2) is 8.52. The molecular formula is C22H32N4O4S. The Balaban J connectivity index is 1.40. The third-order valence-corrected chi connectivity index (χ3v) is 8.88. The Morgan fingerprint density at radius 3 is 2.26 bits per heavy atom. The van der Waals surface area contributed by atoms with Gasteiger partial charge in [0, 0.05) is 26.2 Å². The van der Waals surface area contributed by atoms with E-state index in [0.717, 1.165) is 36.8 Å². The molecule has 2 aliphatic heterocycles. The zero-order valence-corrected chi connectivity index (χ0v) is 19.2. The van der Waals surface area contributed by atoms with E-state index in [1.54, 1.807) is 6.07 Å². The van der Waals surface area contributed by atoms with Crippen LogP contribution in [0.2, 0.25) is 0 Å². The van der Waals surface area contributed by atoms with Crippen LogP contribution in [-0.4, -0.2) is 72.8 Å². The number of aryl methyl sites for hydroxylation is 2. The third kappa shape index (κ3) is 4.23. The molecule has 2 saturated heterocycles. The highest BCUT2D eigenvalue weighted by molar-refractivity contribution is 7.89. The summed E-state index contributed by atoms with van der Waals surface area (Å²) in [4.78, 5) is 29.4. The van der Waals surface area contributed by atoms with Crippen LogP contribution in [0.15, 0.2) is 23.1 Å². The van der Waals surface area contributed by atoms with Gasteiger partial charge >= 0.3 is 6.03 Å². The minimum atomic E-state index is -3.57. The van der Waals surface area contributed by atoms with Gasteiger partial charge in [-0.1, -0.05) is 37.8 Å². The van der Waals surface area contributed by atoms with E-state index in [1.807, 2.05) is 30.9 Å². The highest BCUT2D eigenvalue weighted by Crippen LogP contribution is 2.33. The molecule has 1 N–H and O–H groups in total. The smallest absolute Gasteiger partial charge is 0.323 e. The molecule has 8 nitrogen and oxygen atoms in total. The fraction of sp³-hybridized carbons (Fsp3) is 0.636. The second-order valence-corrected chi connectivity index (χ2v) is 11.0. The Hall–Kier alpha value is -1.97. The number of hydrogen-bond donors (Lipinski definition) is 1. The molecule has 3 amide bonds. The molecule has 170 valence electrons. The molecule has 1 aromatic rings. The lowest BCUT2D eigenvalue weighted by Crippen LogP contribution is -2.53. The van der Waals surface area contributed by atoms with Crippen molar-refractivity contribution in [1.29, 1.82) is 0 Å². The molecule has 2 heterocycles. The largest absolute Gasteiger partial charge is 0.326 e. The van der Waals surface area contributed by atoms with Crippen LogP contribution in [-0.2, 0) is 14.8 Å². The average molecular weight is 449 g/mol. The molecule has 4 rings (SSSR count). The molecule has 0 aromatic heterocycles. The molecule has 3 fully saturated rings. The molecule has 1 spiro atoms. The number of carbonyl (C=O) groups excluding carboxylic acids is 2. The minimum Gasteiger partial charge on any atom is -0.323 e. The Morgan fingerprint density at radius 2 is 1.61 bits per heavy atom. The molecule has 0 unspecified atom stereocenters. The van der Waals surface area contributed by atoms with Gasteiger partial charge in [0.05, 0.1) is 11.6 Å². The summed E-state index contributed by atoms with van der Waals surface area (Å²) in [5.74, 6) is -0.121. The van der Waals surface area contributed by atoms with Gasteiger partial charge in [0.15, 0.2) is 0 Å². The van der Waals surface area contributed by atoms with Gasteiger partial charge in [0.2, 0.25) is 10.0 Å². The predicted molar refractivity (Wildman–Crippen MR) is 117 cm³/mol. The summed E-state index contributed by atoms with van der Waals surface area (Å²) in [5.41, 5.74) is 0.913. The van der Waals surface area contributed by atoms with Crippen LogP contribution in [0, 0.1) is 13.8 Å². The second-order valence-electron chi connectivity index (χ2n) is 9.09. The van der Waals surface area contributed by atoms with E-state index >= 15 is 0 Å². The fourth-order valence-corrected chi connectivity index (χ4v) is 6.64. The quantitative estimate of drug-likeness (QED) is 0.714. The van der Waals surface area contributed by atoms with Gasteiger partial charge in [0.1, 0.15) is 5.54 Å². The maximum absolute atomic E-state index is 13.1. The molecule has 0 atom stereocenters. The lowest BCUT2D eigenvalue weighted by molar-refractivity contribution is -0.133. The molecule has 9 heteroatoms. The van der Waals surface area contributed by atoms with Crippen LogP contribution in [0.4, 0.5) is 4.79 Å². The number of carbonyl (C=O) groups is 2. The van der Waals surface area contributed by atoms with E-state index in [4.69, 9.17) is 0 Å². The van der Waals surface area contributed by atoms with E-state index in [1.165, 1.54) is 9.21 Å². The first kappa shape index (κ1) is 22.2. The summed E-state index contributed by atoms with van der Waals surface area (Å²) in [7, 11) is -3.57. The summed E-state index contributed by atoms with van der Waals surface area (Å²) in [6.45, 7) is 5.54. The standard InChI is InChI=1S/C22H32N4O4S/c1-17-7-8-18(2)19(15-17)31(29,30)25-13-11-24(12-14-25)16-26-20(27)22(23-21(26)28)9-5-3-4-6-10-22/h7-8,15H,3-6,9-14,16H2,1-2H3,(H,23,28). The molecule has 0 radical (unpaired) electrons. The monoisotopic (exact) mass is 448 g/mol. The van der Waals surface area contributed by atoms with E-state index in [9.17, 15) is 18.0 Å². The van der Waals surface area contributed by atoms with Crippen molar-refractivity contribution in [2.24, 2.45) is 0 Å². The number of urea groups is 1. The van der Waals surface area contributed by atoms with Crippen molar-refractivity contribution < 1.29 is 18.0 Å². The van der Waals surface area contributed by atoms with Gasteiger partial charge in [-0.3, -0.25) is 9.69 Å². The first-order valence-corrected chi connectivity index (χ1v) is 12.6. The fourth-order valence-electron chi connectivity index (χ4n) is 4.91. The normalized spacial score (nSPS) is 23.2. The summed E-state index contributed by atoms with van der Waals surface area (Å²) in [5, 5.41) is 2.97. The zero-order chi connectivity index (χ0) is 22.2. The molecule has 1 aliphatic carbocycles. The van der Waals surface area contributed by atoms with Crippen molar-refractivity contribution in [3.05, 3.63) is 29.3 Å². The van der Waals surface area contributed by atoms with Crippen molar-refractivity contribution in [3.63, 3.8) is 0 Å². The first-order chi connectivity index (χ1) is 14.7. The Kier molecular flexibility index (Phi) is 6.11. The van der Waals surface area contributed by atoms with Crippen molar-refractivity contribution in [3.8, 4) is 0 Å². The Bertz CT molecular complexity index is 962. The van der Waals surface area contributed by atoms with E-state index in [-0.39, 0.29) is 18.6 Å². The van der Waals surface area contributed by atoms with E-state index < -0.39 is 15.6 Å². The van der Waals surface area contributed by atoms with Crippen LogP contribution in [0.3, 0.4) is 0 Å². The highest BCUT2D eigenvalue weighted by atomic mass is 32.2. The topological polar surface area (TPSA) is 90.0 Å². The van der Waals surface area contributed by atoms with Crippen molar-refractivity contribution in [2.75, 3.05) is 32.8 Å². The summed E-state index contributed by atoms with van der Waals surface area (Å²) in [6, 6.07) is 5.14. The molecule has 3 aliphatic rings. The van der Waals surface area contributed by atoms with E-state index in [2.05, 4.69) is 5.32 Å². The van der Waals surface area contributed by atoms with Crippen molar-refractivity contribution >= 4 is 22.0 Å². The molecule has 0 bridgehead atoms. The van der Waals surface area contributed by atoms with Crippen LogP contribution in [0.25, 0.3) is 0 Å². The van der Waals surface area contributed by atoms with Crippen LogP contribution >= 0.6 is 0 Å².